The number of carbonyl (C=O) groups is 1. The van der Waals surface area contributed by atoms with Crippen LogP contribution in [0.2, 0.25) is 0 Å². The predicted octanol–water partition coefficient (Wildman–Crippen LogP) is 3.72. The van der Waals surface area contributed by atoms with E-state index in [9.17, 15) is 23.3 Å². The van der Waals surface area contributed by atoms with Crippen LogP contribution in [-0.4, -0.2) is 41.2 Å². The van der Waals surface area contributed by atoms with E-state index in [0.29, 0.717) is 30.6 Å². The first kappa shape index (κ1) is 22.3. The molecule has 35 heavy (non-hydrogen) atoms. The lowest BCUT2D eigenvalue weighted by molar-refractivity contribution is -0.491. The number of rotatable bonds is 4. The number of aryl methyl sites for hydroxylation is 1. The van der Waals surface area contributed by atoms with E-state index in [1.807, 2.05) is 43.0 Å². The van der Waals surface area contributed by atoms with E-state index in [1.54, 1.807) is 24.3 Å². The molecule has 0 bridgehead atoms. The number of carbonyl (C=O) groups excluding carboxylic acids is 1. The molecule has 3 aromatic rings. The maximum Gasteiger partial charge on any atom is 0.268 e. The van der Waals surface area contributed by atoms with Crippen molar-refractivity contribution < 1.29 is 18.1 Å². The summed E-state index contributed by atoms with van der Waals surface area (Å²) in [6.45, 7) is 4.19. The molecular formula is C26H27N3O5S. The van der Waals surface area contributed by atoms with Crippen molar-refractivity contribution in [2.24, 2.45) is 17.8 Å². The van der Waals surface area contributed by atoms with Crippen LogP contribution >= 0.6 is 0 Å². The van der Waals surface area contributed by atoms with Gasteiger partial charge in [-0.2, -0.15) is 0 Å². The monoisotopic (exact) mass is 493 g/mol. The second-order valence-corrected chi connectivity index (χ2v) is 12.1. The second kappa shape index (κ2) is 7.40. The first-order valence-corrected chi connectivity index (χ1v) is 13.5. The maximum atomic E-state index is 14.2. The van der Waals surface area contributed by atoms with Crippen LogP contribution in [0.25, 0.3) is 10.9 Å². The van der Waals surface area contributed by atoms with Crippen molar-refractivity contribution in [2.45, 2.75) is 43.5 Å². The number of amides is 1. The molecule has 2 aromatic carbocycles. The molecule has 182 valence electrons. The Bertz CT molecular complexity index is 1490. The van der Waals surface area contributed by atoms with Crippen molar-refractivity contribution in [3.8, 4) is 0 Å². The van der Waals surface area contributed by atoms with Gasteiger partial charge in [0.25, 0.3) is 10.0 Å². The highest BCUT2D eigenvalue weighted by Crippen LogP contribution is 2.62. The van der Waals surface area contributed by atoms with Gasteiger partial charge in [0.2, 0.25) is 12.5 Å². The molecule has 1 saturated carbocycles. The average molecular weight is 494 g/mol. The molecule has 1 amide bonds. The molecule has 2 aliphatic heterocycles. The van der Waals surface area contributed by atoms with Gasteiger partial charge in [-0.05, 0) is 49.4 Å². The highest BCUT2D eigenvalue weighted by Gasteiger charge is 2.66. The molecule has 6 rings (SSSR count). The van der Waals surface area contributed by atoms with Crippen LogP contribution in [-0.2, 0) is 26.8 Å². The third kappa shape index (κ3) is 2.90. The zero-order valence-electron chi connectivity index (χ0n) is 19.7. The Hall–Kier alpha value is -3.20. The molecule has 3 aliphatic rings. The van der Waals surface area contributed by atoms with Gasteiger partial charge in [0.1, 0.15) is 0 Å². The molecular weight excluding hydrogens is 466 g/mol. The average Bonchev–Trinajstić information content (AvgIpc) is 3.39. The van der Waals surface area contributed by atoms with Gasteiger partial charge >= 0.3 is 0 Å². The number of fused-ring (bicyclic) bond motifs is 3. The van der Waals surface area contributed by atoms with Crippen molar-refractivity contribution in [1.82, 2.24) is 8.87 Å². The highest BCUT2D eigenvalue weighted by atomic mass is 32.2. The minimum atomic E-state index is -3.99. The van der Waals surface area contributed by atoms with Crippen LogP contribution in [0, 0.1) is 34.8 Å². The van der Waals surface area contributed by atoms with Gasteiger partial charge in [-0.15, -0.1) is 0 Å². The van der Waals surface area contributed by atoms with E-state index in [0.717, 1.165) is 16.5 Å². The van der Waals surface area contributed by atoms with Gasteiger partial charge in [0, 0.05) is 35.1 Å². The molecule has 2 fully saturated rings. The Morgan fingerprint density at radius 3 is 2.57 bits per heavy atom. The fourth-order valence-electron chi connectivity index (χ4n) is 7.16. The van der Waals surface area contributed by atoms with Crippen molar-refractivity contribution in [3.05, 3.63) is 75.5 Å². The number of hydrogen-bond acceptors (Lipinski definition) is 5. The zero-order valence-corrected chi connectivity index (χ0v) is 20.5. The summed E-state index contributed by atoms with van der Waals surface area (Å²) in [6, 6.07) is 14.3. The van der Waals surface area contributed by atoms with Crippen molar-refractivity contribution >= 4 is 26.8 Å². The summed E-state index contributed by atoms with van der Waals surface area (Å²) >= 11 is 0. The summed E-state index contributed by atoms with van der Waals surface area (Å²) < 4.78 is 29.9. The lowest BCUT2D eigenvalue weighted by atomic mass is 9.77. The minimum absolute atomic E-state index is 0.0134. The number of aromatic nitrogens is 1. The molecule has 1 unspecified atom stereocenters. The van der Waals surface area contributed by atoms with Crippen LogP contribution in [0.15, 0.2) is 53.4 Å². The molecule has 1 aromatic heterocycles. The van der Waals surface area contributed by atoms with E-state index in [4.69, 9.17) is 0 Å². The Morgan fingerprint density at radius 1 is 1.14 bits per heavy atom. The molecule has 1 aliphatic carbocycles. The molecule has 1 saturated heterocycles. The first-order valence-electron chi connectivity index (χ1n) is 12.0. The minimum Gasteiger partial charge on any atom is -0.331 e. The lowest BCUT2D eigenvalue weighted by Gasteiger charge is -2.44. The van der Waals surface area contributed by atoms with Gasteiger partial charge in [-0.1, -0.05) is 42.8 Å². The standard InChI is InChI=1S/C26H27N3O5S/c1-16-7-9-18(10-8-16)35(33,34)29-23-6-4-3-5-19(23)20-11-12-27-24(30)13-22-21(15-28(31)32)17(2)14-26(22,27)25(20)29/h3-10,17,21-22H,11-15H2,1-2H3/t17-,21+,22-,26?/m0/s1. The van der Waals surface area contributed by atoms with E-state index in [-0.39, 0.29) is 46.4 Å². The van der Waals surface area contributed by atoms with Crippen molar-refractivity contribution in [2.75, 3.05) is 13.1 Å². The van der Waals surface area contributed by atoms with E-state index >= 15 is 0 Å². The lowest BCUT2D eigenvalue weighted by Crippen LogP contribution is -2.51. The Balaban J connectivity index is 1.68. The number of nitrogens with zero attached hydrogens (tertiary/aromatic N) is 3. The molecule has 0 N–H and O–H groups in total. The van der Waals surface area contributed by atoms with E-state index in [1.165, 1.54) is 3.97 Å². The van der Waals surface area contributed by atoms with Gasteiger partial charge < -0.3 is 4.90 Å². The summed E-state index contributed by atoms with van der Waals surface area (Å²) in [6.07, 6.45) is 1.30. The first-order chi connectivity index (χ1) is 16.7. The maximum absolute atomic E-state index is 14.2. The summed E-state index contributed by atoms with van der Waals surface area (Å²) in [5, 5.41) is 12.4. The van der Waals surface area contributed by atoms with E-state index in [2.05, 4.69) is 0 Å². The quantitative estimate of drug-likeness (QED) is 0.407. The van der Waals surface area contributed by atoms with Gasteiger partial charge in [-0.3, -0.25) is 14.9 Å². The van der Waals surface area contributed by atoms with Crippen LogP contribution in [0.5, 0.6) is 0 Å². The number of nitro groups is 1. The smallest absolute Gasteiger partial charge is 0.268 e. The molecule has 3 heterocycles. The molecule has 9 heteroatoms. The van der Waals surface area contributed by atoms with Gasteiger partial charge in [0.15, 0.2) is 0 Å². The molecule has 0 radical (unpaired) electrons. The van der Waals surface area contributed by atoms with Crippen LogP contribution < -0.4 is 0 Å². The van der Waals surface area contributed by atoms with E-state index < -0.39 is 15.6 Å². The number of benzene rings is 2. The Labute approximate surface area is 203 Å². The summed E-state index contributed by atoms with van der Waals surface area (Å²) in [4.78, 5) is 26.5. The fourth-order valence-corrected chi connectivity index (χ4v) is 8.77. The van der Waals surface area contributed by atoms with Gasteiger partial charge in [-0.25, -0.2) is 12.4 Å². The van der Waals surface area contributed by atoms with Crippen LogP contribution in [0.1, 0.15) is 36.6 Å². The highest BCUT2D eigenvalue weighted by molar-refractivity contribution is 7.90. The summed E-state index contributed by atoms with van der Waals surface area (Å²) in [7, 11) is -3.99. The summed E-state index contributed by atoms with van der Waals surface area (Å²) in [5.41, 5.74) is 2.28. The number of para-hydroxylation sites is 1. The van der Waals surface area contributed by atoms with Crippen molar-refractivity contribution in [3.63, 3.8) is 0 Å². The second-order valence-electron chi connectivity index (χ2n) is 10.3. The number of hydrogen-bond donors (Lipinski definition) is 0. The predicted molar refractivity (Wildman–Crippen MR) is 130 cm³/mol. The van der Waals surface area contributed by atoms with Crippen molar-refractivity contribution in [1.29, 1.82) is 0 Å². The van der Waals surface area contributed by atoms with Gasteiger partial charge in [0.05, 0.1) is 21.6 Å². The SMILES string of the molecule is Cc1ccc(S(=O)(=O)n2c3c(c4ccccc42)CCN2C(=O)C[C@H]4[C@H](C[N+](=O)[O-])[C@@H](C)CC342)cc1. The zero-order chi connectivity index (χ0) is 24.7. The third-order valence-electron chi connectivity index (χ3n) is 8.52. The fraction of sp³-hybridized carbons (Fsp3) is 0.423. The third-order valence-corrected chi connectivity index (χ3v) is 10.3. The normalized spacial score (nSPS) is 27.7. The topological polar surface area (TPSA) is 103 Å². The molecule has 8 nitrogen and oxygen atoms in total. The largest absolute Gasteiger partial charge is 0.331 e. The Morgan fingerprint density at radius 2 is 1.86 bits per heavy atom. The van der Waals surface area contributed by atoms with Crippen LogP contribution in [0.4, 0.5) is 0 Å². The summed E-state index contributed by atoms with van der Waals surface area (Å²) in [5.74, 6) is -0.643. The van der Waals surface area contributed by atoms with Crippen LogP contribution in [0.3, 0.4) is 0 Å². The molecule has 4 atom stereocenters. The molecule has 1 spiro atoms. The Kier molecular flexibility index (Phi) is 4.71.